The molecule has 220 valence electrons. The summed E-state index contributed by atoms with van der Waals surface area (Å²) in [6.07, 6.45) is 3.94. The van der Waals surface area contributed by atoms with Crippen molar-refractivity contribution < 1.29 is 24.2 Å². The Morgan fingerprint density at radius 1 is 0.925 bits per heavy atom. The molecule has 8 nitrogen and oxygen atoms in total. The van der Waals surface area contributed by atoms with Gasteiger partial charge in [0, 0.05) is 12.2 Å². The largest absolute Gasteiger partial charge is 0.444 e. The Bertz CT molecular complexity index is 1140. The van der Waals surface area contributed by atoms with Gasteiger partial charge in [-0.25, -0.2) is 4.79 Å². The molecular weight excluding hydrogens is 506 g/mol. The Hall–Kier alpha value is -3.39. The third-order valence-corrected chi connectivity index (χ3v) is 6.77. The van der Waals surface area contributed by atoms with Gasteiger partial charge in [-0.1, -0.05) is 69.0 Å². The van der Waals surface area contributed by atoms with Crippen LogP contribution >= 0.6 is 0 Å². The van der Waals surface area contributed by atoms with E-state index in [-0.39, 0.29) is 12.5 Å². The van der Waals surface area contributed by atoms with Crippen LogP contribution in [0.4, 0.5) is 10.5 Å². The summed E-state index contributed by atoms with van der Waals surface area (Å²) in [5.74, 6) is -0.916. The quantitative estimate of drug-likeness (QED) is 0.265. The zero-order valence-electron chi connectivity index (χ0n) is 25.2. The molecule has 0 saturated carbocycles. The maximum Gasteiger partial charge on any atom is 0.408 e. The number of nitrogens with one attached hydrogen (secondary N) is 2. The lowest BCUT2D eigenvalue weighted by molar-refractivity contribution is -0.141. The second kappa shape index (κ2) is 15.4. The number of unbranched alkanes of at least 4 members (excludes halogenated alkanes) is 4. The topological polar surface area (TPSA) is 108 Å². The number of carbonyl (C=O) groups excluding carboxylic acids is 3. The average molecular weight is 554 g/mol. The molecule has 0 spiro atoms. The minimum Gasteiger partial charge on any atom is -0.444 e. The fourth-order valence-corrected chi connectivity index (χ4v) is 4.41. The van der Waals surface area contributed by atoms with E-state index in [1.807, 2.05) is 63.2 Å². The molecule has 8 heteroatoms. The lowest BCUT2D eigenvalue weighted by Gasteiger charge is -2.34. The summed E-state index contributed by atoms with van der Waals surface area (Å²) in [5.41, 5.74) is 3.49. The molecule has 0 saturated heterocycles. The monoisotopic (exact) mass is 553 g/mol. The van der Waals surface area contributed by atoms with Crippen LogP contribution < -0.4 is 10.6 Å². The van der Waals surface area contributed by atoms with Gasteiger partial charge in [-0.2, -0.15) is 0 Å². The Morgan fingerprint density at radius 3 is 2.20 bits per heavy atom. The van der Waals surface area contributed by atoms with Gasteiger partial charge in [0.15, 0.2) is 0 Å². The van der Waals surface area contributed by atoms with E-state index >= 15 is 0 Å². The van der Waals surface area contributed by atoms with E-state index in [2.05, 4.69) is 17.6 Å². The van der Waals surface area contributed by atoms with Crippen LogP contribution in [0.25, 0.3) is 0 Å². The molecule has 0 aliphatic heterocycles. The molecule has 3 N–H and O–H groups in total. The number of aliphatic hydroxyl groups is 1. The van der Waals surface area contributed by atoms with Crippen LogP contribution in [0.3, 0.4) is 0 Å². The lowest BCUT2D eigenvalue weighted by Crippen LogP contribution is -2.54. The average Bonchev–Trinajstić information content (AvgIpc) is 2.88. The second-order valence-electron chi connectivity index (χ2n) is 11.4. The number of carbonyl (C=O) groups is 3. The summed E-state index contributed by atoms with van der Waals surface area (Å²) in [7, 11) is 0. The first-order chi connectivity index (χ1) is 18.9. The first-order valence-corrected chi connectivity index (χ1v) is 14.2. The number of ether oxygens (including phenoxy) is 1. The van der Waals surface area contributed by atoms with Gasteiger partial charge >= 0.3 is 6.09 Å². The predicted octanol–water partition coefficient (Wildman–Crippen LogP) is 5.98. The van der Waals surface area contributed by atoms with Crippen LogP contribution in [0.1, 0.15) is 88.1 Å². The number of benzene rings is 2. The van der Waals surface area contributed by atoms with Crippen molar-refractivity contribution >= 4 is 23.6 Å². The van der Waals surface area contributed by atoms with Crippen LogP contribution in [0, 0.1) is 20.8 Å². The molecule has 3 amide bonds. The molecule has 0 aliphatic carbocycles. The van der Waals surface area contributed by atoms with E-state index in [1.54, 1.807) is 20.8 Å². The maximum absolute atomic E-state index is 14.0. The lowest BCUT2D eigenvalue weighted by atomic mass is 9.97. The van der Waals surface area contributed by atoms with Crippen LogP contribution in [-0.4, -0.2) is 52.7 Å². The molecule has 0 heterocycles. The molecule has 2 aromatic rings. The van der Waals surface area contributed by atoms with Crippen molar-refractivity contribution in [2.24, 2.45) is 0 Å². The summed E-state index contributed by atoms with van der Waals surface area (Å²) < 4.78 is 5.33. The van der Waals surface area contributed by atoms with E-state index in [9.17, 15) is 19.5 Å². The standard InChI is InChI=1S/C32H47N3O5/c1-8-9-10-11-14-19-35(30(38)27(21-36)34-31(39)40-32(5,6)7)28(25-18-17-22(2)24(4)20-25)29(37)33-26-16-13-12-15-23(26)3/h12-13,15-18,20,27-28,36H,8-11,14,19,21H2,1-7H3,(H,33,37)(H,34,39). The highest BCUT2D eigenvalue weighted by atomic mass is 16.6. The first kappa shape index (κ1) is 32.8. The molecule has 0 fully saturated rings. The number of anilines is 1. The minimum absolute atomic E-state index is 0.286. The second-order valence-corrected chi connectivity index (χ2v) is 11.4. The third kappa shape index (κ3) is 9.97. The van der Waals surface area contributed by atoms with Crippen molar-refractivity contribution in [2.45, 2.75) is 98.3 Å². The first-order valence-electron chi connectivity index (χ1n) is 14.2. The van der Waals surface area contributed by atoms with Gasteiger partial charge in [0.2, 0.25) is 5.91 Å². The van der Waals surface area contributed by atoms with Crippen LogP contribution in [0.15, 0.2) is 42.5 Å². The number of alkyl carbamates (subject to hydrolysis) is 1. The fraction of sp³-hybridized carbons (Fsp3) is 0.531. The van der Waals surface area contributed by atoms with Crippen molar-refractivity contribution in [3.8, 4) is 0 Å². The summed E-state index contributed by atoms with van der Waals surface area (Å²) in [6, 6.07) is 10.9. The summed E-state index contributed by atoms with van der Waals surface area (Å²) in [5, 5.41) is 15.7. The predicted molar refractivity (Wildman–Crippen MR) is 159 cm³/mol. The van der Waals surface area contributed by atoms with Crippen molar-refractivity contribution in [2.75, 3.05) is 18.5 Å². The Morgan fingerprint density at radius 2 is 1.60 bits per heavy atom. The number of aryl methyl sites for hydroxylation is 3. The zero-order chi connectivity index (χ0) is 29.9. The van der Waals surface area contributed by atoms with E-state index in [0.717, 1.165) is 42.4 Å². The molecule has 0 bridgehead atoms. The molecule has 2 atom stereocenters. The molecule has 0 aliphatic rings. The van der Waals surface area contributed by atoms with Gasteiger partial charge in [-0.3, -0.25) is 9.59 Å². The number of para-hydroxylation sites is 1. The van der Waals surface area contributed by atoms with Gasteiger partial charge in [0.1, 0.15) is 17.7 Å². The summed E-state index contributed by atoms with van der Waals surface area (Å²) >= 11 is 0. The van der Waals surface area contributed by atoms with E-state index in [4.69, 9.17) is 4.74 Å². The number of hydrogen-bond donors (Lipinski definition) is 3. The van der Waals surface area contributed by atoms with Crippen LogP contribution in [0.2, 0.25) is 0 Å². The van der Waals surface area contributed by atoms with E-state index < -0.39 is 36.3 Å². The highest BCUT2D eigenvalue weighted by Crippen LogP contribution is 2.27. The van der Waals surface area contributed by atoms with Gasteiger partial charge < -0.3 is 25.4 Å². The van der Waals surface area contributed by atoms with Crippen molar-refractivity contribution in [1.82, 2.24) is 10.2 Å². The SMILES string of the molecule is CCCCCCCN(C(=O)C(CO)NC(=O)OC(C)(C)C)C(C(=O)Nc1ccccc1C)c1ccc(C)c(C)c1. The van der Waals surface area contributed by atoms with Crippen LogP contribution in [-0.2, 0) is 14.3 Å². The van der Waals surface area contributed by atoms with E-state index in [0.29, 0.717) is 17.7 Å². The molecule has 0 radical (unpaired) electrons. The van der Waals surface area contributed by atoms with Crippen molar-refractivity contribution in [3.63, 3.8) is 0 Å². The van der Waals surface area contributed by atoms with Gasteiger partial charge in [-0.05, 0) is 76.3 Å². The fourth-order valence-electron chi connectivity index (χ4n) is 4.41. The highest BCUT2D eigenvalue weighted by Gasteiger charge is 2.36. The Labute approximate surface area is 239 Å². The molecule has 2 aromatic carbocycles. The Kier molecular flexibility index (Phi) is 12.6. The zero-order valence-corrected chi connectivity index (χ0v) is 25.2. The highest BCUT2D eigenvalue weighted by molar-refractivity contribution is 5.99. The molecule has 2 unspecified atom stereocenters. The van der Waals surface area contributed by atoms with Crippen molar-refractivity contribution in [1.29, 1.82) is 0 Å². The van der Waals surface area contributed by atoms with Gasteiger partial charge in [-0.15, -0.1) is 0 Å². The van der Waals surface area contributed by atoms with Crippen molar-refractivity contribution in [3.05, 3.63) is 64.7 Å². The molecule has 0 aromatic heterocycles. The molecular formula is C32H47N3O5. The molecule has 40 heavy (non-hydrogen) atoms. The Balaban J connectivity index is 2.51. The van der Waals surface area contributed by atoms with Gasteiger partial charge in [0.25, 0.3) is 5.91 Å². The number of aliphatic hydroxyl groups excluding tert-OH is 1. The summed E-state index contributed by atoms with van der Waals surface area (Å²) in [4.78, 5) is 42.0. The maximum atomic E-state index is 14.0. The number of rotatable bonds is 13. The normalized spacial score (nSPS) is 12.8. The minimum atomic E-state index is -1.27. The number of amides is 3. The number of nitrogens with zero attached hydrogens (tertiary/aromatic N) is 1. The smallest absolute Gasteiger partial charge is 0.408 e. The molecule has 2 rings (SSSR count). The third-order valence-electron chi connectivity index (χ3n) is 6.77. The number of hydrogen-bond acceptors (Lipinski definition) is 5. The van der Waals surface area contributed by atoms with Crippen LogP contribution in [0.5, 0.6) is 0 Å². The van der Waals surface area contributed by atoms with Gasteiger partial charge in [0.05, 0.1) is 6.61 Å². The summed E-state index contributed by atoms with van der Waals surface area (Å²) in [6.45, 7) is 12.8. The van der Waals surface area contributed by atoms with E-state index in [1.165, 1.54) is 4.90 Å².